The molecule has 1 N–H and O–H groups in total. The third-order valence-electron chi connectivity index (χ3n) is 0.252. The third kappa shape index (κ3) is 5.96. The van der Waals surface area contributed by atoms with E-state index in [2.05, 4.69) is 9.78 Å². The quantitative estimate of drug-likeness (QED) is 0.338. The fourth-order valence-corrected chi connectivity index (χ4v) is 0.211. The van der Waals surface area contributed by atoms with Crippen LogP contribution in [0.25, 0.3) is 0 Å². The number of alkyl halides is 1. The molecule has 8 heavy (non-hydrogen) atoms. The number of hydrogen-bond donors (Lipinski definition) is 1. The summed E-state index contributed by atoms with van der Waals surface area (Å²) in [6.07, 6.45) is -1.42. The van der Waals surface area contributed by atoms with E-state index in [9.17, 15) is 4.79 Å². The highest BCUT2D eigenvalue weighted by atomic mass is 127. The average molecular weight is 232 g/mol. The van der Waals surface area contributed by atoms with Crippen molar-refractivity contribution in [3.8, 4) is 0 Å². The van der Waals surface area contributed by atoms with E-state index in [1.165, 1.54) is 0 Å². The highest BCUT2D eigenvalue weighted by Crippen LogP contribution is 1.99. The molecule has 0 amide bonds. The Morgan fingerprint density at radius 2 is 2.38 bits per heavy atom. The van der Waals surface area contributed by atoms with Crippen LogP contribution in [-0.4, -0.2) is 15.4 Å². The Morgan fingerprint density at radius 1 is 1.88 bits per heavy atom. The van der Waals surface area contributed by atoms with Gasteiger partial charge in [0.05, 0.1) is 0 Å². The Labute approximate surface area is 59.8 Å². The molecule has 0 spiro atoms. The maximum Gasteiger partial charge on any atom is 0.537 e. The van der Waals surface area contributed by atoms with Crippen LogP contribution in [0, 0.1) is 0 Å². The lowest BCUT2D eigenvalue weighted by atomic mass is 10.9. The van der Waals surface area contributed by atoms with Gasteiger partial charge in [0, 0.05) is 0 Å². The second kappa shape index (κ2) is 3.90. The van der Waals surface area contributed by atoms with Gasteiger partial charge in [-0.25, -0.2) is 4.79 Å². The number of hydrogen-bond acceptors (Lipinski definition) is 3. The minimum Gasteiger partial charge on any atom is -0.448 e. The molecule has 48 valence electrons. The van der Waals surface area contributed by atoms with E-state index >= 15 is 0 Å². The van der Waals surface area contributed by atoms with Crippen molar-refractivity contribution >= 4 is 28.7 Å². The van der Waals surface area contributed by atoms with Crippen LogP contribution in [0.4, 0.5) is 4.79 Å². The van der Waals surface area contributed by atoms with E-state index in [0.717, 1.165) is 0 Å². The Bertz CT molecular complexity index is 81.4. The van der Waals surface area contributed by atoms with Crippen molar-refractivity contribution in [2.45, 2.75) is 11.0 Å². The van der Waals surface area contributed by atoms with Crippen LogP contribution in [0.2, 0.25) is 0 Å². The van der Waals surface area contributed by atoms with Gasteiger partial charge in [-0.05, 0) is 29.5 Å². The molecule has 0 heterocycles. The molecule has 0 aliphatic heterocycles. The molecule has 1 unspecified atom stereocenters. The van der Waals surface area contributed by atoms with Gasteiger partial charge in [0.1, 0.15) is 0 Å². The molecule has 0 aromatic heterocycles. The molecule has 0 bridgehead atoms. The predicted octanol–water partition coefficient (Wildman–Crippen LogP) is 1.39. The zero-order chi connectivity index (χ0) is 6.57. The average Bonchev–Trinajstić information content (AvgIpc) is 1.61. The van der Waals surface area contributed by atoms with Crippen molar-refractivity contribution in [1.82, 2.24) is 0 Å². The summed E-state index contributed by atoms with van der Waals surface area (Å²) in [6, 6.07) is 0. The second-order valence-corrected chi connectivity index (χ2v) is 2.74. The van der Waals surface area contributed by atoms with Crippen molar-refractivity contribution in [2.75, 3.05) is 0 Å². The molecule has 0 rings (SSSR count). The van der Waals surface area contributed by atoms with Crippen LogP contribution >= 0.6 is 22.6 Å². The summed E-state index contributed by atoms with van der Waals surface area (Å²) in [4.78, 5) is 17.5. The minimum atomic E-state index is -1.42. The number of rotatable bonds is 2. The minimum absolute atomic E-state index is 0.247. The van der Waals surface area contributed by atoms with E-state index in [1.807, 2.05) is 22.6 Å². The zero-order valence-electron chi connectivity index (χ0n) is 4.13. The van der Waals surface area contributed by atoms with Crippen molar-refractivity contribution in [1.29, 1.82) is 0 Å². The highest BCUT2D eigenvalue weighted by Gasteiger charge is 1.99. The molecule has 5 heteroatoms. The van der Waals surface area contributed by atoms with Gasteiger partial charge in [0.15, 0.2) is 4.11 Å². The Balaban J connectivity index is 3.05. The van der Waals surface area contributed by atoms with E-state index in [1.54, 1.807) is 6.92 Å². The van der Waals surface area contributed by atoms with Gasteiger partial charge in [0.25, 0.3) is 0 Å². The van der Waals surface area contributed by atoms with Gasteiger partial charge in [-0.2, -0.15) is 4.89 Å². The predicted molar refractivity (Wildman–Crippen MR) is 33.7 cm³/mol. The van der Waals surface area contributed by atoms with Gasteiger partial charge in [0.2, 0.25) is 0 Å². The molecular formula is C3H5IO4. The van der Waals surface area contributed by atoms with Gasteiger partial charge in [-0.15, -0.1) is 0 Å². The molecule has 0 aliphatic carbocycles. The Morgan fingerprint density at radius 3 is 2.50 bits per heavy atom. The first-order valence-electron chi connectivity index (χ1n) is 1.83. The maximum absolute atomic E-state index is 9.55. The molecule has 0 saturated heterocycles. The summed E-state index contributed by atoms with van der Waals surface area (Å²) in [5.41, 5.74) is 0. The molecular weight excluding hydrogens is 227 g/mol. The zero-order valence-corrected chi connectivity index (χ0v) is 6.28. The van der Waals surface area contributed by atoms with Gasteiger partial charge < -0.3 is 5.11 Å². The summed E-state index contributed by atoms with van der Waals surface area (Å²) in [5, 5.41) is 7.81. The topological polar surface area (TPSA) is 55.8 Å². The van der Waals surface area contributed by atoms with Gasteiger partial charge in [-0.3, -0.25) is 4.89 Å². The third-order valence-corrected chi connectivity index (χ3v) is 0.460. The van der Waals surface area contributed by atoms with Crippen LogP contribution < -0.4 is 0 Å². The first kappa shape index (κ1) is 7.96. The first-order valence-corrected chi connectivity index (χ1v) is 3.08. The smallest absolute Gasteiger partial charge is 0.448 e. The molecule has 1 atom stereocenters. The van der Waals surface area contributed by atoms with Crippen molar-refractivity contribution in [3.63, 3.8) is 0 Å². The molecule has 0 fully saturated rings. The van der Waals surface area contributed by atoms with Gasteiger partial charge in [-0.1, -0.05) is 0 Å². The first-order chi connectivity index (χ1) is 3.63. The summed E-state index contributed by atoms with van der Waals surface area (Å²) < 4.78 is -0.247. The van der Waals surface area contributed by atoms with E-state index in [0.29, 0.717) is 0 Å². The van der Waals surface area contributed by atoms with Crippen LogP contribution in [0.3, 0.4) is 0 Å². The molecule has 0 saturated carbocycles. The van der Waals surface area contributed by atoms with Gasteiger partial charge >= 0.3 is 6.16 Å². The lowest BCUT2D eigenvalue weighted by molar-refractivity contribution is -0.253. The Kier molecular flexibility index (Phi) is 3.88. The summed E-state index contributed by atoms with van der Waals surface area (Å²) >= 11 is 1.87. The van der Waals surface area contributed by atoms with Crippen molar-refractivity contribution < 1.29 is 19.7 Å². The molecule has 0 radical (unpaired) electrons. The van der Waals surface area contributed by atoms with E-state index in [-0.39, 0.29) is 4.11 Å². The number of halogens is 1. The summed E-state index contributed by atoms with van der Waals surface area (Å²) in [5.74, 6) is 0. The van der Waals surface area contributed by atoms with E-state index < -0.39 is 6.16 Å². The van der Waals surface area contributed by atoms with Crippen LogP contribution in [0.5, 0.6) is 0 Å². The normalized spacial score (nSPS) is 12.8. The maximum atomic E-state index is 9.55. The monoisotopic (exact) mass is 232 g/mol. The SMILES string of the molecule is CC(I)OOC(=O)O. The lowest BCUT2D eigenvalue weighted by Gasteiger charge is -1.98. The standard InChI is InChI=1S/C3H5IO4/c1-2(4)7-8-3(5)6/h2H,1H3,(H,5,6). The van der Waals surface area contributed by atoms with Crippen LogP contribution in [0.1, 0.15) is 6.92 Å². The second-order valence-electron chi connectivity index (χ2n) is 0.988. The molecule has 0 aromatic carbocycles. The van der Waals surface area contributed by atoms with Crippen molar-refractivity contribution in [2.24, 2.45) is 0 Å². The van der Waals surface area contributed by atoms with E-state index in [4.69, 9.17) is 5.11 Å². The largest absolute Gasteiger partial charge is 0.537 e. The number of carbonyl (C=O) groups is 1. The van der Waals surface area contributed by atoms with Crippen molar-refractivity contribution in [3.05, 3.63) is 0 Å². The fraction of sp³-hybridized carbons (Fsp3) is 0.667. The Hall–Kier alpha value is -0.0400. The van der Waals surface area contributed by atoms with Crippen LogP contribution in [0.15, 0.2) is 0 Å². The molecule has 0 aromatic rings. The lowest BCUT2D eigenvalue weighted by Crippen LogP contribution is -2.05. The fourth-order valence-electron chi connectivity index (χ4n) is 0.107. The summed E-state index contributed by atoms with van der Waals surface area (Å²) in [7, 11) is 0. The molecule has 4 nitrogen and oxygen atoms in total. The highest BCUT2D eigenvalue weighted by molar-refractivity contribution is 14.1. The summed E-state index contributed by atoms with van der Waals surface area (Å²) in [6.45, 7) is 1.66. The van der Waals surface area contributed by atoms with Crippen LogP contribution in [-0.2, 0) is 9.78 Å². The molecule has 0 aliphatic rings. The number of carboxylic acid groups (broad SMARTS) is 1.